The van der Waals surface area contributed by atoms with Crippen LogP contribution >= 0.6 is 0 Å². The van der Waals surface area contributed by atoms with Crippen LogP contribution in [0.5, 0.6) is 0 Å². The van der Waals surface area contributed by atoms with E-state index in [4.69, 9.17) is 0 Å². The molecule has 0 bridgehead atoms. The number of nitro groups is 3. The lowest BCUT2D eigenvalue weighted by atomic mass is 10.9. The van der Waals surface area contributed by atoms with Crippen LogP contribution in [0.25, 0.3) is 0 Å². The Hall–Kier alpha value is -1.84. The van der Waals surface area contributed by atoms with E-state index in [-0.39, 0.29) is 5.48 Å². The summed E-state index contributed by atoms with van der Waals surface area (Å²) in [5, 5.41) is 28.5. The van der Waals surface area contributed by atoms with E-state index < -0.39 is 21.1 Å². The normalized spacial score (nSPS) is 8.45. The Morgan fingerprint density at radius 1 is 0.818 bits per heavy atom. The Labute approximate surface area is 58.2 Å². The minimum atomic E-state index is -2.94. The SMILES string of the molecule is O.O=[N+]([O-])C([N+](=O)[O-])[N+](=O)[O-]. The van der Waals surface area contributed by atoms with E-state index in [2.05, 4.69) is 0 Å². The van der Waals surface area contributed by atoms with Crippen molar-refractivity contribution in [2.75, 3.05) is 0 Å². The third kappa shape index (κ3) is 3.00. The molecule has 0 rings (SSSR count). The largest absolute Gasteiger partial charge is 0.693 e. The fourth-order valence-corrected chi connectivity index (χ4v) is 0.231. The van der Waals surface area contributed by atoms with Crippen molar-refractivity contribution in [2.45, 2.75) is 6.29 Å². The molecule has 0 heterocycles. The van der Waals surface area contributed by atoms with Crippen LogP contribution in [0.1, 0.15) is 0 Å². The van der Waals surface area contributed by atoms with Gasteiger partial charge in [-0.15, -0.1) is 0 Å². The van der Waals surface area contributed by atoms with Gasteiger partial charge in [0.05, 0.1) is 0 Å². The molecule has 10 heteroatoms. The van der Waals surface area contributed by atoms with Crippen molar-refractivity contribution in [2.24, 2.45) is 0 Å². The summed E-state index contributed by atoms with van der Waals surface area (Å²) < 4.78 is 0. The summed E-state index contributed by atoms with van der Waals surface area (Å²) in [6.07, 6.45) is -2.94. The maximum absolute atomic E-state index is 9.50. The lowest BCUT2D eigenvalue weighted by Gasteiger charge is -1.90. The predicted molar refractivity (Wildman–Crippen MR) is 28.4 cm³/mol. The summed E-state index contributed by atoms with van der Waals surface area (Å²) >= 11 is 0. The molecule has 0 aliphatic heterocycles. The third-order valence-electron chi connectivity index (χ3n) is 0.566. The molecule has 0 aliphatic rings. The summed E-state index contributed by atoms with van der Waals surface area (Å²) in [7, 11) is 0. The molecular formula is CH3N3O7. The van der Waals surface area contributed by atoms with Crippen LogP contribution in [-0.2, 0) is 0 Å². The molecule has 0 spiro atoms. The van der Waals surface area contributed by atoms with Crippen molar-refractivity contribution in [1.82, 2.24) is 0 Å². The Morgan fingerprint density at radius 3 is 1.00 bits per heavy atom. The van der Waals surface area contributed by atoms with E-state index in [1.165, 1.54) is 0 Å². The van der Waals surface area contributed by atoms with Gasteiger partial charge < -0.3 is 5.48 Å². The van der Waals surface area contributed by atoms with Crippen LogP contribution < -0.4 is 0 Å². The molecule has 2 N–H and O–H groups in total. The van der Waals surface area contributed by atoms with Gasteiger partial charge in [0, 0.05) is 0 Å². The van der Waals surface area contributed by atoms with Crippen LogP contribution in [0.2, 0.25) is 0 Å². The van der Waals surface area contributed by atoms with Gasteiger partial charge in [0.2, 0.25) is 0 Å². The van der Waals surface area contributed by atoms with Crippen LogP contribution in [0, 0.1) is 30.3 Å². The molecule has 0 unspecified atom stereocenters. The minimum absolute atomic E-state index is 0. The van der Waals surface area contributed by atoms with Gasteiger partial charge in [0.25, 0.3) is 0 Å². The number of nitrogens with zero attached hydrogens (tertiary/aromatic N) is 3. The quantitative estimate of drug-likeness (QED) is 0.277. The van der Waals surface area contributed by atoms with Gasteiger partial charge in [0.1, 0.15) is 0 Å². The second-order valence-corrected chi connectivity index (χ2v) is 1.20. The topological polar surface area (TPSA) is 161 Å². The zero-order chi connectivity index (χ0) is 8.31. The first-order valence-corrected chi connectivity index (χ1v) is 1.87. The van der Waals surface area contributed by atoms with E-state index >= 15 is 0 Å². The average molecular weight is 169 g/mol. The van der Waals surface area contributed by atoms with Gasteiger partial charge >= 0.3 is 6.29 Å². The second kappa shape index (κ2) is 4.05. The smallest absolute Gasteiger partial charge is 0.412 e. The van der Waals surface area contributed by atoms with Crippen LogP contribution in [0.15, 0.2) is 0 Å². The molecule has 64 valence electrons. The van der Waals surface area contributed by atoms with Crippen LogP contribution in [-0.4, -0.2) is 26.5 Å². The van der Waals surface area contributed by atoms with Crippen molar-refractivity contribution in [3.05, 3.63) is 30.3 Å². The van der Waals surface area contributed by atoms with Crippen molar-refractivity contribution in [1.29, 1.82) is 0 Å². The highest BCUT2D eigenvalue weighted by Gasteiger charge is 2.45. The maximum atomic E-state index is 9.50. The van der Waals surface area contributed by atoms with Gasteiger partial charge in [-0.05, 0) is 0 Å². The summed E-state index contributed by atoms with van der Waals surface area (Å²) in [5.41, 5.74) is 0. The number of hydrogen-bond acceptors (Lipinski definition) is 6. The molecule has 0 amide bonds. The van der Waals surface area contributed by atoms with Crippen LogP contribution in [0.4, 0.5) is 0 Å². The van der Waals surface area contributed by atoms with Crippen molar-refractivity contribution < 1.29 is 20.2 Å². The summed E-state index contributed by atoms with van der Waals surface area (Å²) in [5.74, 6) is 0. The fraction of sp³-hybridized carbons (Fsp3) is 1.00. The van der Waals surface area contributed by atoms with E-state index in [9.17, 15) is 30.3 Å². The maximum Gasteiger partial charge on any atom is 0.693 e. The molecular weight excluding hydrogens is 166 g/mol. The summed E-state index contributed by atoms with van der Waals surface area (Å²) in [6, 6.07) is 0. The van der Waals surface area contributed by atoms with E-state index in [0.29, 0.717) is 0 Å². The Morgan fingerprint density at radius 2 is 1.00 bits per heavy atom. The highest BCUT2D eigenvalue weighted by molar-refractivity contribution is 4.19. The molecule has 0 atom stereocenters. The molecule has 0 aromatic carbocycles. The lowest BCUT2D eigenvalue weighted by Crippen LogP contribution is -2.36. The number of hydrogen-bond donors (Lipinski definition) is 0. The molecule has 0 saturated carbocycles. The highest BCUT2D eigenvalue weighted by Crippen LogP contribution is 1.90. The standard InChI is InChI=1S/CHN3O6.H2O/c5-2(6)1(3(7)8)4(9)10;/h1H;1H2. The average Bonchev–Trinajstić information content (AvgIpc) is 1.59. The molecule has 0 fully saturated rings. The van der Waals surface area contributed by atoms with Crippen molar-refractivity contribution in [3.8, 4) is 0 Å². The minimum Gasteiger partial charge on any atom is -0.412 e. The predicted octanol–water partition coefficient (Wildman–Crippen LogP) is -1.72. The van der Waals surface area contributed by atoms with Gasteiger partial charge in [-0.3, -0.25) is 30.3 Å². The highest BCUT2D eigenvalue weighted by atomic mass is 16.7. The third-order valence-corrected chi connectivity index (χ3v) is 0.566. The van der Waals surface area contributed by atoms with Gasteiger partial charge in [-0.2, -0.15) is 0 Å². The lowest BCUT2D eigenvalue weighted by molar-refractivity contribution is -0.912. The van der Waals surface area contributed by atoms with Gasteiger partial charge in [-0.25, -0.2) is 0 Å². The summed E-state index contributed by atoms with van der Waals surface area (Å²) in [6.45, 7) is 0. The zero-order valence-electron chi connectivity index (χ0n) is 4.87. The first-order chi connectivity index (χ1) is 4.46. The zero-order valence-corrected chi connectivity index (χ0v) is 4.87. The van der Waals surface area contributed by atoms with Crippen molar-refractivity contribution in [3.63, 3.8) is 0 Å². The van der Waals surface area contributed by atoms with Gasteiger partial charge in [0.15, 0.2) is 14.8 Å². The molecule has 0 aliphatic carbocycles. The molecule has 0 radical (unpaired) electrons. The Balaban J connectivity index is 0. The van der Waals surface area contributed by atoms with E-state index in [1.807, 2.05) is 0 Å². The summed E-state index contributed by atoms with van der Waals surface area (Å²) in [4.78, 5) is 23.8. The van der Waals surface area contributed by atoms with Crippen LogP contribution in [0.3, 0.4) is 0 Å². The Bertz CT molecular complexity index is 153. The van der Waals surface area contributed by atoms with E-state index in [1.54, 1.807) is 0 Å². The molecule has 10 nitrogen and oxygen atoms in total. The van der Waals surface area contributed by atoms with E-state index in [0.717, 1.165) is 0 Å². The molecule has 0 aromatic rings. The second-order valence-electron chi connectivity index (χ2n) is 1.20. The molecule has 0 saturated heterocycles. The molecule has 11 heavy (non-hydrogen) atoms. The van der Waals surface area contributed by atoms with Gasteiger partial charge in [-0.1, -0.05) is 0 Å². The first-order valence-electron chi connectivity index (χ1n) is 1.87. The van der Waals surface area contributed by atoms with Crippen molar-refractivity contribution >= 4 is 0 Å². The Kier molecular flexibility index (Phi) is 4.38. The fourth-order valence-electron chi connectivity index (χ4n) is 0.231. The molecule has 0 aromatic heterocycles. The number of rotatable bonds is 3. The first kappa shape index (κ1) is 11.9. The monoisotopic (exact) mass is 169 g/mol.